The maximum absolute atomic E-state index is 10.6. The summed E-state index contributed by atoms with van der Waals surface area (Å²) < 4.78 is 0. The molecule has 0 fully saturated rings. The number of nitrogens with zero attached hydrogens (tertiary/aromatic N) is 3. The van der Waals surface area contributed by atoms with Crippen molar-refractivity contribution in [1.82, 2.24) is 15.6 Å². The van der Waals surface area contributed by atoms with Crippen molar-refractivity contribution in [3.8, 4) is 0 Å². The molecule has 0 aliphatic rings. The lowest BCUT2D eigenvalue weighted by molar-refractivity contribution is -0.384. The standard InChI is InChI=1S/C15H19N5O2S.HI/c1-11-9-18-14(23-11)7-8-17-15(16-2)19-10-12-3-5-13(6-4-12)20(21)22;/h3-6,9H,7-8,10H2,1-2H3,(H2,16,17,19);1H. The molecule has 1 aromatic heterocycles. The van der Waals surface area contributed by atoms with Gasteiger partial charge in [0.2, 0.25) is 0 Å². The van der Waals surface area contributed by atoms with Gasteiger partial charge in [-0.2, -0.15) is 0 Å². The minimum Gasteiger partial charge on any atom is -0.356 e. The lowest BCUT2D eigenvalue weighted by Crippen LogP contribution is -2.37. The number of benzene rings is 1. The Balaban J connectivity index is 0.00000288. The van der Waals surface area contributed by atoms with Crippen molar-refractivity contribution >= 4 is 47.0 Å². The van der Waals surface area contributed by atoms with Crippen molar-refractivity contribution in [2.45, 2.75) is 19.9 Å². The van der Waals surface area contributed by atoms with Crippen LogP contribution in [-0.2, 0) is 13.0 Å². The van der Waals surface area contributed by atoms with E-state index in [1.807, 2.05) is 13.1 Å². The third-order valence-corrected chi connectivity index (χ3v) is 4.10. The summed E-state index contributed by atoms with van der Waals surface area (Å²) in [5.74, 6) is 0.691. The van der Waals surface area contributed by atoms with E-state index in [0.717, 1.165) is 23.5 Å². The number of aromatic nitrogens is 1. The molecule has 0 bridgehead atoms. The molecular weight excluding hydrogens is 441 g/mol. The second-order valence-electron chi connectivity index (χ2n) is 4.89. The molecule has 0 spiro atoms. The molecule has 2 N–H and O–H groups in total. The zero-order chi connectivity index (χ0) is 16.7. The molecule has 24 heavy (non-hydrogen) atoms. The van der Waals surface area contributed by atoms with Crippen LogP contribution in [0.25, 0.3) is 0 Å². The lowest BCUT2D eigenvalue weighted by atomic mass is 10.2. The highest BCUT2D eigenvalue weighted by molar-refractivity contribution is 14.0. The van der Waals surface area contributed by atoms with Gasteiger partial charge in [-0.3, -0.25) is 15.1 Å². The molecule has 0 radical (unpaired) electrons. The summed E-state index contributed by atoms with van der Waals surface area (Å²) in [7, 11) is 1.71. The van der Waals surface area contributed by atoms with Crippen molar-refractivity contribution in [3.05, 3.63) is 56.0 Å². The number of guanidine groups is 1. The highest BCUT2D eigenvalue weighted by Gasteiger charge is 2.05. The zero-order valence-corrected chi connectivity index (χ0v) is 16.6. The van der Waals surface area contributed by atoms with Crippen LogP contribution in [0.4, 0.5) is 5.69 Å². The van der Waals surface area contributed by atoms with Crippen molar-refractivity contribution in [3.63, 3.8) is 0 Å². The Hall–Kier alpha value is -1.75. The summed E-state index contributed by atoms with van der Waals surface area (Å²) in [6.07, 6.45) is 2.72. The van der Waals surface area contributed by atoms with Crippen molar-refractivity contribution in [2.24, 2.45) is 4.99 Å². The van der Waals surface area contributed by atoms with Gasteiger partial charge < -0.3 is 10.6 Å². The van der Waals surface area contributed by atoms with E-state index >= 15 is 0 Å². The van der Waals surface area contributed by atoms with E-state index in [9.17, 15) is 10.1 Å². The maximum atomic E-state index is 10.6. The van der Waals surface area contributed by atoms with Crippen LogP contribution in [0.3, 0.4) is 0 Å². The number of halogens is 1. The van der Waals surface area contributed by atoms with Gasteiger partial charge >= 0.3 is 0 Å². The molecule has 0 aliphatic heterocycles. The number of aliphatic imine (C=N–C) groups is 1. The van der Waals surface area contributed by atoms with Crippen LogP contribution in [-0.4, -0.2) is 29.5 Å². The highest BCUT2D eigenvalue weighted by atomic mass is 127. The van der Waals surface area contributed by atoms with Gasteiger partial charge in [0.05, 0.1) is 9.93 Å². The number of rotatable bonds is 6. The Bertz CT molecular complexity index is 687. The van der Waals surface area contributed by atoms with Crippen molar-refractivity contribution < 1.29 is 4.92 Å². The molecule has 130 valence electrons. The quantitative estimate of drug-likeness (QED) is 0.227. The van der Waals surface area contributed by atoms with Gasteiger partial charge in [-0.05, 0) is 12.5 Å². The van der Waals surface area contributed by atoms with Crippen molar-refractivity contribution in [1.29, 1.82) is 0 Å². The summed E-state index contributed by atoms with van der Waals surface area (Å²) >= 11 is 1.69. The van der Waals surface area contributed by atoms with Gasteiger partial charge in [-0.25, -0.2) is 4.98 Å². The second-order valence-corrected chi connectivity index (χ2v) is 6.21. The monoisotopic (exact) mass is 461 g/mol. The molecule has 0 saturated heterocycles. The first kappa shape index (κ1) is 20.3. The zero-order valence-electron chi connectivity index (χ0n) is 13.5. The number of aryl methyl sites for hydroxylation is 1. The minimum absolute atomic E-state index is 0. The number of hydrogen-bond donors (Lipinski definition) is 2. The number of thiazole rings is 1. The number of non-ortho nitro benzene ring substituents is 1. The van der Waals surface area contributed by atoms with E-state index < -0.39 is 4.92 Å². The van der Waals surface area contributed by atoms with Crippen molar-refractivity contribution in [2.75, 3.05) is 13.6 Å². The van der Waals surface area contributed by atoms with Gasteiger partial charge in [0, 0.05) is 49.8 Å². The fourth-order valence-electron chi connectivity index (χ4n) is 1.95. The normalized spacial score (nSPS) is 10.8. The molecule has 7 nitrogen and oxygen atoms in total. The molecule has 0 unspecified atom stereocenters. The molecule has 0 atom stereocenters. The average molecular weight is 461 g/mol. The van der Waals surface area contributed by atoms with Crippen LogP contribution in [0, 0.1) is 17.0 Å². The number of nitrogens with one attached hydrogen (secondary N) is 2. The van der Waals surface area contributed by atoms with Gasteiger partial charge in [-0.15, -0.1) is 35.3 Å². The summed E-state index contributed by atoms with van der Waals surface area (Å²) in [5, 5.41) is 18.1. The van der Waals surface area contributed by atoms with E-state index in [0.29, 0.717) is 12.5 Å². The number of nitro groups is 1. The predicted molar refractivity (Wildman–Crippen MR) is 107 cm³/mol. The van der Waals surface area contributed by atoms with Gasteiger partial charge in [0.1, 0.15) is 0 Å². The molecular formula is C15H20IN5O2S. The molecule has 2 rings (SSSR count). The van der Waals surface area contributed by atoms with E-state index in [1.54, 1.807) is 30.5 Å². The summed E-state index contributed by atoms with van der Waals surface area (Å²) in [4.78, 5) is 19.9. The third kappa shape index (κ3) is 6.40. The molecule has 0 amide bonds. The van der Waals surface area contributed by atoms with Crippen LogP contribution >= 0.6 is 35.3 Å². The summed E-state index contributed by atoms with van der Waals surface area (Å²) in [6.45, 7) is 3.33. The predicted octanol–water partition coefficient (Wildman–Crippen LogP) is 2.89. The summed E-state index contributed by atoms with van der Waals surface area (Å²) in [6, 6.07) is 6.46. The smallest absolute Gasteiger partial charge is 0.269 e. The molecule has 9 heteroatoms. The molecule has 2 aromatic rings. The average Bonchev–Trinajstić information content (AvgIpc) is 2.96. The minimum atomic E-state index is -0.405. The van der Waals surface area contributed by atoms with Crippen LogP contribution in [0.5, 0.6) is 0 Å². The van der Waals surface area contributed by atoms with E-state index in [-0.39, 0.29) is 29.7 Å². The number of hydrogen-bond acceptors (Lipinski definition) is 5. The van der Waals surface area contributed by atoms with E-state index in [2.05, 4.69) is 20.6 Å². The van der Waals surface area contributed by atoms with E-state index in [4.69, 9.17) is 0 Å². The second kappa shape index (κ2) is 10.2. The van der Waals surface area contributed by atoms with E-state index in [1.165, 1.54) is 17.0 Å². The van der Waals surface area contributed by atoms with Gasteiger partial charge in [-0.1, -0.05) is 12.1 Å². The Labute approximate surface area is 161 Å². The van der Waals surface area contributed by atoms with Gasteiger partial charge in [0.25, 0.3) is 5.69 Å². The van der Waals surface area contributed by atoms with Crippen LogP contribution in [0.2, 0.25) is 0 Å². The topological polar surface area (TPSA) is 92.5 Å². The first-order valence-electron chi connectivity index (χ1n) is 7.17. The Kier molecular flexibility index (Phi) is 8.61. The Morgan fingerprint density at radius 3 is 2.58 bits per heavy atom. The number of nitro benzene ring substituents is 1. The fourth-order valence-corrected chi connectivity index (χ4v) is 2.73. The van der Waals surface area contributed by atoms with Gasteiger partial charge in [0.15, 0.2) is 5.96 Å². The Morgan fingerprint density at radius 1 is 1.33 bits per heavy atom. The third-order valence-electron chi connectivity index (χ3n) is 3.13. The molecule has 1 aromatic carbocycles. The first-order valence-corrected chi connectivity index (χ1v) is 7.99. The van der Waals surface area contributed by atoms with Crippen LogP contribution < -0.4 is 10.6 Å². The molecule has 1 heterocycles. The lowest BCUT2D eigenvalue weighted by Gasteiger charge is -2.11. The SMILES string of the molecule is CN=C(NCCc1ncc(C)s1)NCc1ccc([N+](=O)[O-])cc1.I. The fraction of sp³-hybridized carbons (Fsp3) is 0.333. The molecule has 0 saturated carbocycles. The highest BCUT2D eigenvalue weighted by Crippen LogP contribution is 2.12. The Morgan fingerprint density at radius 2 is 2.04 bits per heavy atom. The van der Waals surface area contributed by atoms with Crippen LogP contribution in [0.15, 0.2) is 35.5 Å². The summed E-state index contributed by atoms with van der Waals surface area (Å²) in [5.41, 5.74) is 1.05. The maximum Gasteiger partial charge on any atom is 0.269 e. The van der Waals surface area contributed by atoms with Crippen LogP contribution in [0.1, 0.15) is 15.4 Å². The molecule has 0 aliphatic carbocycles. The first-order chi connectivity index (χ1) is 11.1. The largest absolute Gasteiger partial charge is 0.356 e.